The van der Waals surface area contributed by atoms with Crippen LogP contribution in [0.25, 0.3) is 0 Å². The molecule has 0 aromatic heterocycles. The van der Waals surface area contributed by atoms with Gasteiger partial charge in [0, 0.05) is 27.2 Å². The van der Waals surface area contributed by atoms with Crippen LogP contribution in [0.5, 0.6) is 0 Å². The summed E-state index contributed by atoms with van der Waals surface area (Å²) < 4.78 is 19.9. The van der Waals surface area contributed by atoms with Crippen LogP contribution in [0, 0.1) is 20.8 Å². The average Bonchev–Trinajstić information content (AvgIpc) is 2.33. The number of rotatable bonds is 13. The van der Waals surface area contributed by atoms with E-state index in [0.717, 1.165) is 0 Å². The Bertz CT molecular complexity index is 300. The van der Waals surface area contributed by atoms with Crippen molar-refractivity contribution >= 4 is 22.8 Å². The van der Waals surface area contributed by atoms with Gasteiger partial charge in [-0.05, 0) is 11.6 Å². The molecule has 0 unspecified atom stereocenters. The lowest BCUT2D eigenvalue weighted by Gasteiger charge is -2.17. The summed E-state index contributed by atoms with van der Waals surface area (Å²) in [7, 11) is 0. The van der Waals surface area contributed by atoms with Gasteiger partial charge in [-0.25, -0.2) is 0 Å². The first-order valence-electron chi connectivity index (χ1n) is 6.31. The summed E-state index contributed by atoms with van der Waals surface area (Å²) in [5, 5.41) is -0.431. The molecular formula is C14H19ClO6. The molecule has 0 aliphatic rings. The van der Waals surface area contributed by atoms with Gasteiger partial charge in [0.25, 0.3) is 0 Å². The molecule has 0 bridgehead atoms. The van der Waals surface area contributed by atoms with E-state index in [1.54, 1.807) is 0 Å². The van der Waals surface area contributed by atoms with Gasteiger partial charge < -0.3 is 18.9 Å². The van der Waals surface area contributed by atoms with E-state index in [9.17, 15) is 9.59 Å². The molecule has 7 heteroatoms. The summed E-state index contributed by atoms with van der Waals surface area (Å²) >= 11 is 5.13. The number of carbonyl (C=O) groups is 2. The fourth-order valence-corrected chi connectivity index (χ4v) is 1.18. The van der Waals surface area contributed by atoms with Crippen LogP contribution in [0.2, 0.25) is 0 Å². The minimum Gasteiger partial charge on any atom is -0.458 e. The van der Waals surface area contributed by atoms with E-state index in [1.165, 1.54) is 0 Å². The third-order valence-corrected chi connectivity index (χ3v) is 2.12. The number of halogens is 1. The summed E-state index contributed by atoms with van der Waals surface area (Å²) in [4.78, 5) is 21.5. The average molecular weight is 319 g/mol. The van der Waals surface area contributed by atoms with Crippen LogP contribution in [0.15, 0.2) is 0 Å². The Morgan fingerprint density at radius 1 is 0.810 bits per heavy atom. The highest BCUT2D eigenvalue weighted by Crippen LogP contribution is 2.06. The Kier molecular flexibility index (Phi) is 11.5. The first-order chi connectivity index (χ1) is 9.81. The van der Waals surface area contributed by atoms with Gasteiger partial charge in [0.1, 0.15) is 5.60 Å². The quantitative estimate of drug-likeness (QED) is 0.286. The van der Waals surface area contributed by atoms with Gasteiger partial charge in [-0.3, -0.25) is 9.59 Å². The first kappa shape index (κ1) is 20.3. The number of carbonyl (C=O) groups excluding carboxylic acids is 2. The lowest BCUT2D eigenvalue weighted by atomic mass is 10.2. The van der Waals surface area contributed by atoms with Crippen molar-refractivity contribution in [1.29, 1.82) is 0 Å². The van der Waals surface area contributed by atoms with Crippen LogP contribution in [-0.2, 0) is 28.5 Å². The SMILES string of the molecule is [CH]C([CH])([CH])OC(=O)CCOCCOCCOCCC(=O)Cl. The van der Waals surface area contributed by atoms with E-state index in [4.69, 9.17) is 46.6 Å². The van der Waals surface area contributed by atoms with E-state index in [-0.39, 0.29) is 26.1 Å². The van der Waals surface area contributed by atoms with Gasteiger partial charge in [-0.15, -0.1) is 0 Å². The molecule has 0 rings (SSSR count). The summed E-state index contributed by atoms with van der Waals surface area (Å²) in [5.74, 6) is -0.648. The topological polar surface area (TPSA) is 71.1 Å². The van der Waals surface area contributed by atoms with Crippen molar-refractivity contribution in [2.24, 2.45) is 0 Å². The molecule has 0 spiro atoms. The van der Waals surface area contributed by atoms with Crippen LogP contribution >= 0.6 is 11.6 Å². The van der Waals surface area contributed by atoms with Crippen LogP contribution in [0.3, 0.4) is 0 Å². The zero-order chi connectivity index (χ0) is 16.1. The Morgan fingerprint density at radius 3 is 1.67 bits per heavy atom. The van der Waals surface area contributed by atoms with Crippen molar-refractivity contribution in [3.63, 3.8) is 0 Å². The molecule has 118 valence electrons. The Hall–Kier alpha value is -0.690. The van der Waals surface area contributed by atoms with Gasteiger partial charge in [0.05, 0.1) is 46.1 Å². The van der Waals surface area contributed by atoms with Gasteiger partial charge in [0.15, 0.2) is 0 Å². The summed E-state index contributed by atoms with van der Waals surface area (Å²) in [6.45, 7) is 17.1. The minimum atomic E-state index is -1.96. The smallest absolute Gasteiger partial charge is 0.308 e. The molecule has 0 heterocycles. The number of hydrogen-bond donors (Lipinski definition) is 0. The predicted molar refractivity (Wildman–Crippen MR) is 74.3 cm³/mol. The molecule has 6 nitrogen and oxygen atoms in total. The second-order valence-corrected chi connectivity index (χ2v) is 4.44. The minimum absolute atomic E-state index is 0.0110. The fraction of sp³-hybridized carbons (Fsp3) is 0.643. The molecule has 6 radical (unpaired) electrons. The summed E-state index contributed by atoms with van der Waals surface area (Å²) in [5.41, 5.74) is -1.96. The highest BCUT2D eigenvalue weighted by atomic mass is 35.5. The molecule has 0 aromatic carbocycles. The van der Waals surface area contributed by atoms with Crippen LogP contribution < -0.4 is 0 Å². The Morgan fingerprint density at radius 2 is 1.24 bits per heavy atom. The normalized spacial score (nSPS) is 11.4. The van der Waals surface area contributed by atoms with E-state index in [0.29, 0.717) is 26.4 Å². The fourth-order valence-electron chi connectivity index (χ4n) is 1.10. The van der Waals surface area contributed by atoms with E-state index < -0.39 is 16.8 Å². The maximum absolute atomic E-state index is 11.1. The Labute approximate surface area is 131 Å². The number of hydrogen-bond acceptors (Lipinski definition) is 6. The summed E-state index contributed by atoms with van der Waals surface area (Å²) in [6, 6.07) is 0. The second kappa shape index (κ2) is 11.9. The van der Waals surface area contributed by atoms with Crippen LogP contribution in [-0.4, -0.2) is 56.5 Å². The van der Waals surface area contributed by atoms with Gasteiger partial charge in [-0.1, -0.05) is 0 Å². The lowest BCUT2D eigenvalue weighted by molar-refractivity contribution is -0.150. The number of esters is 1. The highest BCUT2D eigenvalue weighted by Gasteiger charge is 2.17. The molecule has 21 heavy (non-hydrogen) atoms. The molecule has 0 atom stereocenters. The van der Waals surface area contributed by atoms with Crippen molar-refractivity contribution in [3.05, 3.63) is 20.8 Å². The van der Waals surface area contributed by atoms with E-state index >= 15 is 0 Å². The van der Waals surface area contributed by atoms with Gasteiger partial charge in [0.2, 0.25) is 5.24 Å². The molecule has 0 saturated heterocycles. The van der Waals surface area contributed by atoms with Crippen LogP contribution in [0.1, 0.15) is 12.8 Å². The van der Waals surface area contributed by atoms with Crippen LogP contribution in [0.4, 0.5) is 0 Å². The predicted octanol–water partition coefficient (Wildman–Crippen LogP) is 0.997. The first-order valence-corrected chi connectivity index (χ1v) is 6.69. The van der Waals surface area contributed by atoms with E-state index in [1.807, 2.05) is 0 Å². The van der Waals surface area contributed by atoms with Crippen molar-refractivity contribution in [2.75, 3.05) is 39.6 Å². The van der Waals surface area contributed by atoms with Gasteiger partial charge in [-0.2, -0.15) is 0 Å². The summed E-state index contributed by atoms with van der Waals surface area (Å²) in [6.07, 6.45) is 0.166. The highest BCUT2D eigenvalue weighted by molar-refractivity contribution is 6.63. The van der Waals surface area contributed by atoms with Crippen molar-refractivity contribution in [3.8, 4) is 0 Å². The van der Waals surface area contributed by atoms with Crippen molar-refractivity contribution < 1.29 is 28.5 Å². The largest absolute Gasteiger partial charge is 0.458 e. The standard InChI is InChI=1S/C14H19ClO6/c1-14(2,3)21-13(17)5-7-19-9-11-20-10-8-18-6-4-12(15)16/h1-3H,4-11H2. The molecule has 0 aromatic rings. The maximum atomic E-state index is 11.1. The third kappa shape index (κ3) is 17.3. The third-order valence-electron chi connectivity index (χ3n) is 1.93. The van der Waals surface area contributed by atoms with Gasteiger partial charge >= 0.3 is 5.97 Å². The maximum Gasteiger partial charge on any atom is 0.308 e. The van der Waals surface area contributed by atoms with Crippen molar-refractivity contribution in [1.82, 2.24) is 0 Å². The van der Waals surface area contributed by atoms with E-state index in [2.05, 4.69) is 4.74 Å². The zero-order valence-electron chi connectivity index (χ0n) is 11.7. The zero-order valence-corrected chi connectivity index (χ0v) is 12.5. The number of ether oxygens (including phenoxy) is 4. The molecule has 0 saturated carbocycles. The molecule has 0 aliphatic heterocycles. The Balaban J connectivity index is 3.22. The molecule has 0 N–H and O–H groups in total. The molecule has 0 aliphatic carbocycles. The second-order valence-electron chi connectivity index (χ2n) is 4.02. The molecule has 0 fully saturated rings. The molecule has 0 amide bonds. The monoisotopic (exact) mass is 318 g/mol. The molecular weight excluding hydrogens is 300 g/mol. The lowest BCUT2D eigenvalue weighted by Crippen LogP contribution is -2.25. The van der Waals surface area contributed by atoms with Crippen molar-refractivity contribution in [2.45, 2.75) is 18.4 Å².